The van der Waals surface area contributed by atoms with Crippen LogP contribution in [-0.4, -0.2) is 55.7 Å². The molecule has 0 spiro atoms. The fraction of sp³-hybridized carbons (Fsp3) is 0.688. The Hall–Kier alpha value is -1.12. The highest BCUT2D eigenvalue weighted by Gasteiger charge is 2.43. The van der Waals surface area contributed by atoms with Crippen molar-refractivity contribution in [1.82, 2.24) is 15.5 Å². The lowest BCUT2D eigenvalue weighted by molar-refractivity contribution is -0.183. The van der Waals surface area contributed by atoms with E-state index >= 15 is 0 Å². The van der Waals surface area contributed by atoms with Crippen LogP contribution < -0.4 is 10.6 Å². The predicted octanol–water partition coefficient (Wildman–Crippen LogP) is 2.57. The van der Waals surface area contributed by atoms with Crippen LogP contribution in [-0.2, 0) is 6.42 Å². The molecule has 1 saturated heterocycles. The summed E-state index contributed by atoms with van der Waals surface area (Å²) < 4.78 is 39.9. The number of carbonyl (C=O) groups is 1. The minimum absolute atomic E-state index is 0.332. The number of hydrogen-bond acceptors (Lipinski definition) is 4. The number of aryl methyl sites for hydroxylation is 2. The first-order valence-corrected chi connectivity index (χ1v) is 9.03. The topological polar surface area (TPSA) is 44.4 Å². The Bertz CT molecular complexity index is 553. The number of carbonyl (C=O) groups excluding carboxylic acids is 1. The molecule has 2 heterocycles. The van der Waals surface area contributed by atoms with Crippen LogP contribution in [0.25, 0.3) is 0 Å². The lowest BCUT2D eigenvalue weighted by atomic mass is 10.1. The van der Waals surface area contributed by atoms with E-state index in [1.165, 1.54) is 16.2 Å². The van der Waals surface area contributed by atoms with Crippen molar-refractivity contribution in [2.45, 2.75) is 38.9 Å². The number of alkyl halides is 3. The van der Waals surface area contributed by atoms with Gasteiger partial charge in [0.1, 0.15) is 6.04 Å². The zero-order valence-corrected chi connectivity index (χ0v) is 14.8. The van der Waals surface area contributed by atoms with Gasteiger partial charge in [-0.15, -0.1) is 11.3 Å². The Morgan fingerprint density at radius 2 is 2.08 bits per heavy atom. The van der Waals surface area contributed by atoms with E-state index in [4.69, 9.17) is 0 Å². The van der Waals surface area contributed by atoms with Gasteiger partial charge in [0.25, 0.3) is 5.91 Å². The summed E-state index contributed by atoms with van der Waals surface area (Å²) in [6.07, 6.45) is -2.51. The van der Waals surface area contributed by atoms with Gasteiger partial charge in [-0.2, -0.15) is 13.2 Å². The molecule has 24 heavy (non-hydrogen) atoms. The summed E-state index contributed by atoms with van der Waals surface area (Å²) in [6.45, 7) is 5.31. The number of nitrogens with one attached hydrogen (secondary N) is 2. The molecule has 1 aromatic rings. The molecular formula is C16H24F3N3OS. The van der Waals surface area contributed by atoms with Crippen molar-refractivity contribution in [3.8, 4) is 0 Å². The zero-order valence-electron chi connectivity index (χ0n) is 14.0. The van der Waals surface area contributed by atoms with Gasteiger partial charge < -0.3 is 10.6 Å². The SMILES string of the molecule is CCCc1cc(C(=O)NCC(N2CCNCC2)C(F)(F)F)sc1C. The third kappa shape index (κ3) is 4.94. The number of nitrogens with zero attached hydrogens (tertiary/aromatic N) is 1. The molecule has 0 radical (unpaired) electrons. The van der Waals surface area contributed by atoms with Crippen molar-refractivity contribution in [2.24, 2.45) is 0 Å². The van der Waals surface area contributed by atoms with Crippen molar-refractivity contribution >= 4 is 17.2 Å². The minimum atomic E-state index is -4.36. The van der Waals surface area contributed by atoms with Crippen LogP contribution in [0.15, 0.2) is 6.07 Å². The summed E-state index contributed by atoms with van der Waals surface area (Å²) in [6, 6.07) is 0.159. The molecule has 8 heteroatoms. The van der Waals surface area contributed by atoms with Crippen LogP contribution in [0.4, 0.5) is 13.2 Å². The Morgan fingerprint density at radius 3 is 2.67 bits per heavy atom. The third-order valence-electron chi connectivity index (χ3n) is 4.19. The van der Waals surface area contributed by atoms with Crippen molar-refractivity contribution in [2.75, 3.05) is 32.7 Å². The van der Waals surface area contributed by atoms with E-state index in [0.717, 1.165) is 23.3 Å². The molecule has 1 aromatic heterocycles. The van der Waals surface area contributed by atoms with E-state index in [1.54, 1.807) is 6.07 Å². The maximum absolute atomic E-state index is 13.3. The van der Waals surface area contributed by atoms with Gasteiger partial charge in [0.15, 0.2) is 0 Å². The molecule has 2 N–H and O–H groups in total. The number of halogens is 3. The molecule has 1 aliphatic heterocycles. The van der Waals surface area contributed by atoms with Crippen molar-refractivity contribution in [1.29, 1.82) is 0 Å². The Labute approximate surface area is 144 Å². The normalized spacial score (nSPS) is 17.7. The minimum Gasteiger partial charge on any atom is -0.349 e. The highest BCUT2D eigenvalue weighted by molar-refractivity contribution is 7.14. The van der Waals surface area contributed by atoms with Gasteiger partial charge in [-0.05, 0) is 25.0 Å². The van der Waals surface area contributed by atoms with E-state index in [9.17, 15) is 18.0 Å². The first kappa shape index (κ1) is 19.2. The fourth-order valence-electron chi connectivity index (χ4n) is 2.87. The van der Waals surface area contributed by atoms with Gasteiger partial charge in [-0.25, -0.2) is 0 Å². The molecule has 1 aliphatic rings. The number of amides is 1. The van der Waals surface area contributed by atoms with Crippen molar-refractivity contribution < 1.29 is 18.0 Å². The van der Waals surface area contributed by atoms with E-state index in [2.05, 4.69) is 17.6 Å². The average Bonchev–Trinajstić information content (AvgIpc) is 2.89. The van der Waals surface area contributed by atoms with Gasteiger partial charge in [0.2, 0.25) is 0 Å². The summed E-state index contributed by atoms with van der Waals surface area (Å²) >= 11 is 1.34. The van der Waals surface area contributed by atoms with Gasteiger partial charge in [0, 0.05) is 37.6 Å². The molecule has 1 atom stereocenters. The van der Waals surface area contributed by atoms with E-state index in [0.29, 0.717) is 31.1 Å². The molecule has 2 rings (SSSR count). The third-order valence-corrected chi connectivity index (χ3v) is 5.28. The number of piperazine rings is 1. The molecule has 4 nitrogen and oxygen atoms in total. The predicted molar refractivity (Wildman–Crippen MR) is 89.7 cm³/mol. The first-order valence-electron chi connectivity index (χ1n) is 8.22. The number of thiophene rings is 1. The van der Waals surface area contributed by atoms with Gasteiger partial charge in [-0.1, -0.05) is 13.3 Å². The second kappa shape index (κ2) is 8.31. The lowest BCUT2D eigenvalue weighted by Gasteiger charge is -2.35. The van der Waals surface area contributed by atoms with Gasteiger partial charge in [-0.3, -0.25) is 9.69 Å². The lowest BCUT2D eigenvalue weighted by Crippen LogP contribution is -2.57. The fourth-order valence-corrected chi connectivity index (χ4v) is 3.86. The molecule has 1 amide bonds. The second-order valence-electron chi connectivity index (χ2n) is 6.00. The maximum Gasteiger partial charge on any atom is 0.405 e. The summed E-state index contributed by atoms with van der Waals surface area (Å²) in [7, 11) is 0. The molecule has 1 fully saturated rings. The molecule has 0 saturated carbocycles. The van der Waals surface area contributed by atoms with Gasteiger partial charge in [0.05, 0.1) is 4.88 Å². The quantitative estimate of drug-likeness (QED) is 0.817. The molecule has 1 unspecified atom stereocenters. The molecular weight excluding hydrogens is 339 g/mol. The van der Waals surface area contributed by atoms with Crippen LogP contribution in [0.2, 0.25) is 0 Å². The monoisotopic (exact) mass is 363 g/mol. The van der Waals surface area contributed by atoms with E-state index < -0.39 is 24.7 Å². The summed E-state index contributed by atoms with van der Waals surface area (Å²) in [5.41, 5.74) is 1.10. The van der Waals surface area contributed by atoms with E-state index in [-0.39, 0.29) is 0 Å². The van der Waals surface area contributed by atoms with Crippen LogP contribution in [0.3, 0.4) is 0 Å². The summed E-state index contributed by atoms with van der Waals surface area (Å²) in [5, 5.41) is 5.51. The van der Waals surface area contributed by atoms with Crippen LogP contribution >= 0.6 is 11.3 Å². The average molecular weight is 363 g/mol. The van der Waals surface area contributed by atoms with E-state index in [1.807, 2.05) is 6.92 Å². The number of hydrogen-bond donors (Lipinski definition) is 2. The molecule has 0 aliphatic carbocycles. The second-order valence-corrected chi connectivity index (χ2v) is 7.25. The summed E-state index contributed by atoms with van der Waals surface area (Å²) in [5.74, 6) is -0.421. The van der Waals surface area contributed by atoms with Crippen LogP contribution in [0, 0.1) is 6.92 Å². The molecule has 136 valence electrons. The smallest absolute Gasteiger partial charge is 0.349 e. The molecule has 0 aromatic carbocycles. The van der Waals surface area contributed by atoms with Crippen molar-refractivity contribution in [3.63, 3.8) is 0 Å². The molecule has 0 bridgehead atoms. The van der Waals surface area contributed by atoms with Crippen LogP contribution in [0.1, 0.15) is 33.5 Å². The van der Waals surface area contributed by atoms with Crippen molar-refractivity contribution in [3.05, 3.63) is 21.4 Å². The maximum atomic E-state index is 13.3. The highest BCUT2D eigenvalue weighted by atomic mass is 32.1. The van der Waals surface area contributed by atoms with Crippen LogP contribution in [0.5, 0.6) is 0 Å². The Kier molecular flexibility index (Phi) is 6.65. The number of rotatable bonds is 6. The standard InChI is InChI=1S/C16H24F3N3OS/c1-3-4-12-9-13(24-11(12)2)15(23)21-10-14(16(17,18)19)22-7-5-20-6-8-22/h9,14,20H,3-8,10H2,1-2H3,(H,21,23). The Morgan fingerprint density at radius 1 is 1.42 bits per heavy atom. The first-order chi connectivity index (χ1) is 11.3. The Balaban J connectivity index is 2.00. The highest BCUT2D eigenvalue weighted by Crippen LogP contribution is 2.26. The zero-order chi connectivity index (χ0) is 17.7. The summed E-state index contributed by atoms with van der Waals surface area (Å²) in [4.78, 5) is 15.2. The largest absolute Gasteiger partial charge is 0.405 e. The van der Waals surface area contributed by atoms with Gasteiger partial charge >= 0.3 is 6.18 Å².